The summed E-state index contributed by atoms with van der Waals surface area (Å²) in [4.78, 5) is 17.3. The van der Waals surface area contributed by atoms with Crippen molar-refractivity contribution < 1.29 is 13.2 Å². The fraction of sp³-hybridized carbons (Fsp3) is 0.688. The van der Waals surface area contributed by atoms with Gasteiger partial charge in [-0.2, -0.15) is 4.31 Å². The number of sulfonamides is 1. The zero-order valence-electron chi connectivity index (χ0n) is 14.1. The van der Waals surface area contributed by atoms with Crippen molar-refractivity contribution in [2.45, 2.75) is 29.9 Å². The van der Waals surface area contributed by atoms with Gasteiger partial charge in [0.05, 0.1) is 6.42 Å². The molecule has 1 amide bonds. The van der Waals surface area contributed by atoms with Crippen LogP contribution in [0.4, 0.5) is 0 Å². The first kappa shape index (κ1) is 17.8. The third kappa shape index (κ3) is 3.99. The van der Waals surface area contributed by atoms with Crippen molar-refractivity contribution in [3.63, 3.8) is 0 Å². The molecule has 1 aromatic rings. The summed E-state index contributed by atoms with van der Waals surface area (Å²) in [6.45, 7) is 4.50. The molecule has 0 aliphatic carbocycles. The zero-order chi connectivity index (χ0) is 17.2. The van der Waals surface area contributed by atoms with Crippen LogP contribution in [0.2, 0.25) is 0 Å². The lowest BCUT2D eigenvalue weighted by Crippen LogP contribution is -2.47. The number of thiophene rings is 1. The number of hydrogen-bond donors (Lipinski definition) is 0. The minimum Gasteiger partial charge on any atom is -0.340 e. The van der Waals surface area contributed by atoms with Gasteiger partial charge < -0.3 is 9.80 Å². The Morgan fingerprint density at radius 1 is 1.04 bits per heavy atom. The van der Waals surface area contributed by atoms with E-state index >= 15 is 0 Å². The summed E-state index contributed by atoms with van der Waals surface area (Å²) in [5.74, 6) is 0.0897. The summed E-state index contributed by atoms with van der Waals surface area (Å²) in [7, 11) is -1.33. The predicted octanol–water partition coefficient (Wildman–Crippen LogP) is 1.24. The van der Waals surface area contributed by atoms with Crippen LogP contribution >= 0.6 is 11.3 Å². The maximum Gasteiger partial charge on any atom is 0.252 e. The Labute approximate surface area is 148 Å². The quantitative estimate of drug-likeness (QED) is 0.799. The monoisotopic (exact) mass is 371 g/mol. The van der Waals surface area contributed by atoms with E-state index in [0.29, 0.717) is 23.7 Å². The normalized spacial score (nSPS) is 21.1. The van der Waals surface area contributed by atoms with Gasteiger partial charge in [0.15, 0.2) is 0 Å². The standard InChI is InChI=1S/C16H25N3O3S2/c1-17-9-11-18(12-10-17)15(20)13-14-5-6-16(23-14)24(21,22)19-7-3-2-4-8-19/h5-6H,2-4,7-13H2,1H3. The fourth-order valence-electron chi connectivity index (χ4n) is 3.14. The topological polar surface area (TPSA) is 60.9 Å². The lowest BCUT2D eigenvalue weighted by atomic mass is 10.2. The molecule has 3 rings (SSSR count). The van der Waals surface area contributed by atoms with Crippen molar-refractivity contribution in [1.82, 2.24) is 14.1 Å². The molecule has 3 heterocycles. The van der Waals surface area contributed by atoms with Crippen molar-refractivity contribution in [2.24, 2.45) is 0 Å². The molecule has 0 unspecified atom stereocenters. The molecular weight excluding hydrogens is 346 g/mol. The Balaban J connectivity index is 1.63. The average Bonchev–Trinajstić information content (AvgIpc) is 3.05. The van der Waals surface area contributed by atoms with Gasteiger partial charge in [-0.15, -0.1) is 11.3 Å². The van der Waals surface area contributed by atoms with Crippen LogP contribution in [0, 0.1) is 0 Å². The highest BCUT2D eigenvalue weighted by Gasteiger charge is 2.28. The molecule has 2 saturated heterocycles. The highest BCUT2D eigenvalue weighted by molar-refractivity contribution is 7.91. The van der Waals surface area contributed by atoms with Gasteiger partial charge in [-0.05, 0) is 32.0 Å². The summed E-state index contributed by atoms with van der Waals surface area (Å²) in [6, 6.07) is 3.44. The van der Waals surface area contributed by atoms with Gasteiger partial charge in [0.25, 0.3) is 10.0 Å². The summed E-state index contributed by atoms with van der Waals surface area (Å²) in [5, 5.41) is 0. The lowest BCUT2D eigenvalue weighted by Gasteiger charge is -2.32. The molecule has 8 heteroatoms. The molecule has 0 atom stereocenters. The Hall–Kier alpha value is -0.960. The highest BCUT2D eigenvalue weighted by Crippen LogP contribution is 2.27. The minimum absolute atomic E-state index is 0.0897. The molecule has 24 heavy (non-hydrogen) atoms. The van der Waals surface area contributed by atoms with E-state index in [-0.39, 0.29) is 5.91 Å². The fourth-order valence-corrected chi connectivity index (χ4v) is 6.16. The van der Waals surface area contributed by atoms with E-state index in [2.05, 4.69) is 11.9 Å². The summed E-state index contributed by atoms with van der Waals surface area (Å²) < 4.78 is 27.3. The second-order valence-corrected chi connectivity index (χ2v) is 9.88. The first-order valence-corrected chi connectivity index (χ1v) is 10.8. The number of hydrogen-bond acceptors (Lipinski definition) is 5. The van der Waals surface area contributed by atoms with Crippen LogP contribution in [0.1, 0.15) is 24.1 Å². The van der Waals surface area contributed by atoms with Crippen LogP contribution in [0.5, 0.6) is 0 Å². The summed E-state index contributed by atoms with van der Waals surface area (Å²) in [6.07, 6.45) is 3.25. The number of nitrogens with zero attached hydrogens (tertiary/aromatic N) is 3. The van der Waals surface area contributed by atoms with Crippen LogP contribution in [0.25, 0.3) is 0 Å². The number of likely N-dealkylation sites (N-methyl/N-ethyl adjacent to an activating group) is 1. The molecule has 6 nitrogen and oxygen atoms in total. The molecule has 134 valence electrons. The van der Waals surface area contributed by atoms with E-state index in [1.54, 1.807) is 16.4 Å². The van der Waals surface area contributed by atoms with Crippen molar-refractivity contribution in [3.8, 4) is 0 Å². The zero-order valence-corrected chi connectivity index (χ0v) is 15.7. The van der Waals surface area contributed by atoms with Crippen LogP contribution in [0.15, 0.2) is 16.3 Å². The van der Waals surface area contributed by atoms with Gasteiger partial charge >= 0.3 is 0 Å². The molecule has 2 aliphatic heterocycles. The molecule has 0 spiro atoms. The van der Waals surface area contributed by atoms with Crippen LogP contribution in [-0.4, -0.2) is 74.7 Å². The van der Waals surface area contributed by atoms with E-state index in [1.165, 1.54) is 11.3 Å². The molecule has 0 saturated carbocycles. The summed E-state index contributed by atoms with van der Waals surface area (Å²) >= 11 is 1.24. The average molecular weight is 372 g/mol. The van der Waals surface area contributed by atoms with Crippen LogP contribution in [0.3, 0.4) is 0 Å². The molecule has 0 bridgehead atoms. The van der Waals surface area contributed by atoms with Crippen molar-refractivity contribution >= 4 is 27.3 Å². The van der Waals surface area contributed by atoms with Crippen molar-refractivity contribution in [1.29, 1.82) is 0 Å². The second kappa shape index (κ2) is 7.51. The van der Waals surface area contributed by atoms with Gasteiger partial charge in [0, 0.05) is 44.1 Å². The van der Waals surface area contributed by atoms with Crippen molar-refractivity contribution in [3.05, 3.63) is 17.0 Å². The summed E-state index contributed by atoms with van der Waals surface area (Å²) in [5.41, 5.74) is 0. The number of piperidine rings is 1. The molecule has 0 aromatic carbocycles. The Bertz CT molecular complexity index is 672. The van der Waals surface area contributed by atoms with Gasteiger partial charge in [0.2, 0.25) is 5.91 Å². The first-order valence-electron chi connectivity index (χ1n) is 8.52. The SMILES string of the molecule is CN1CCN(C(=O)Cc2ccc(S(=O)(=O)N3CCCCC3)s2)CC1. The van der Waals surface area contributed by atoms with Gasteiger partial charge in [-0.25, -0.2) is 8.42 Å². The van der Waals surface area contributed by atoms with E-state index in [0.717, 1.165) is 50.3 Å². The number of amides is 1. The molecule has 0 N–H and O–H groups in total. The Morgan fingerprint density at radius 3 is 2.38 bits per heavy atom. The maximum absolute atomic E-state index is 12.7. The van der Waals surface area contributed by atoms with E-state index in [1.807, 2.05) is 4.90 Å². The third-order valence-corrected chi connectivity index (χ3v) is 8.18. The number of piperazine rings is 1. The van der Waals surface area contributed by atoms with Gasteiger partial charge in [-0.3, -0.25) is 4.79 Å². The Kier molecular flexibility index (Phi) is 5.59. The predicted molar refractivity (Wildman–Crippen MR) is 94.7 cm³/mol. The highest BCUT2D eigenvalue weighted by atomic mass is 32.2. The maximum atomic E-state index is 12.7. The second-order valence-electron chi connectivity index (χ2n) is 6.55. The minimum atomic E-state index is -3.39. The smallest absolute Gasteiger partial charge is 0.252 e. The van der Waals surface area contributed by atoms with E-state index in [9.17, 15) is 13.2 Å². The van der Waals surface area contributed by atoms with Gasteiger partial charge in [-0.1, -0.05) is 6.42 Å². The third-order valence-electron chi connectivity index (χ3n) is 4.73. The number of carbonyl (C=O) groups excluding carboxylic acids is 1. The van der Waals surface area contributed by atoms with Crippen LogP contribution in [-0.2, 0) is 21.2 Å². The largest absolute Gasteiger partial charge is 0.340 e. The van der Waals surface area contributed by atoms with Crippen LogP contribution < -0.4 is 0 Å². The molecule has 2 aliphatic rings. The molecule has 2 fully saturated rings. The number of carbonyl (C=O) groups is 1. The van der Waals surface area contributed by atoms with E-state index in [4.69, 9.17) is 0 Å². The molecule has 1 aromatic heterocycles. The van der Waals surface area contributed by atoms with Crippen molar-refractivity contribution in [2.75, 3.05) is 46.3 Å². The van der Waals surface area contributed by atoms with Gasteiger partial charge in [0.1, 0.15) is 4.21 Å². The Morgan fingerprint density at radius 2 is 1.71 bits per heavy atom. The lowest BCUT2D eigenvalue weighted by molar-refractivity contribution is -0.131. The number of rotatable bonds is 4. The molecule has 0 radical (unpaired) electrons. The first-order chi connectivity index (χ1) is 11.5. The van der Waals surface area contributed by atoms with E-state index < -0.39 is 10.0 Å². The molecular formula is C16H25N3O3S2.